The number of furan rings is 1. The zero-order valence-corrected chi connectivity index (χ0v) is 79.0. The number of thiophene rings is 2. The van der Waals surface area contributed by atoms with Crippen LogP contribution in [0, 0.1) is 0 Å². The van der Waals surface area contributed by atoms with Gasteiger partial charge in [-0.15, -0.1) is 22.7 Å². The van der Waals surface area contributed by atoms with Crippen molar-refractivity contribution < 1.29 is 4.42 Å². The first kappa shape index (κ1) is 85.4. The molecule has 0 aliphatic rings. The molecule has 8 nitrogen and oxygen atoms in total. The lowest BCUT2D eigenvalue weighted by Crippen LogP contribution is -2.16. The third kappa shape index (κ3) is 16.4. The molecule has 10 heteroatoms. The molecule has 672 valence electrons. The number of aromatic nitrogens is 1. The van der Waals surface area contributed by atoms with Gasteiger partial charge in [0.25, 0.3) is 0 Å². The van der Waals surface area contributed by atoms with Gasteiger partial charge in [0.1, 0.15) is 11.2 Å². The second-order valence-electron chi connectivity index (χ2n) is 35.5. The maximum atomic E-state index is 6.58. The van der Waals surface area contributed by atoms with Gasteiger partial charge in [-0.2, -0.15) is 0 Å². The molecule has 142 heavy (non-hydrogen) atoms. The topological polar surface area (TPSA) is 37.5 Å². The number of anilines is 18. The van der Waals surface area contributed by atoms with Crippen molar-refractivity contribution in [1.82, 2.24) is 4.57 Å². The first-order valence-corrected chi connectivity index (χ1v) is 49.7. The summed E-state index contributed by atoms with van der Waals surface area (Å²) in [6.07, 6.45) is 0. The fourth-order valence-electron chi connectivity index (χ4n) is 20.3. The lowest BCUT2D eigenvalue weighted by Gasteiger charge is -2.33. The van der Waals surface area contributed by atoms with Crippen molar-refractivity contribution in [1.29, 1.82) is 0 Å². The Hall–Kier alpha value is -18.3. The van der Waals surface area contributed by atoms with E-state index >= 15 is 0 Å². The van der Waals surface area contributed by atoms with Gasteiger partial charge in [0, 0.05) is 165 Å². The molecule has 4 heterocycles. The fraction of sp³-hybridized carbons (Fsp3) is 0. The predicted octanol–water partition coefficient (Wildman–Crippen LogP) is 38.9. The molecule has 22 aromatic carbocycles. The molecule has 0 saturated carbocycles. The number of para-hydroxylation sites is 11. The summed E-state index contributed by atoms with van der Waals surface area (Å²) in [5.74, 6) is 0. The fourth-order valence-corrected chi connectivity index (χ4v) is 22.5. The lowest BCUT2D eigenvalue weighted by molar-refractivity contribution is 0.669. The lowest BCUT2D eigenvalue weighted by atomic mass is 10.0. The van der Waals surface area contributed by atoms with Crippen LogP contribution in [0.1, 0.15) is 0 Å². The number of hydrogen-bond donors (Lipinski definition) is 0. The van der Waals surface area contributed by atoms with Crippen LogP contribution >= 0.6 is 22.7 Å². The highest BCUT2D eigenvalue weighted by molar-refractivity contribution is 7.26. The summed E-state index contributed by atoms with van der Waals surface area (Å²) in [6, 6.07) is 199. The van der Waals surface area contributed by atoms with Crippen molar-refractivity contribution in [3.63, 3.8) is 0 Å². The molecule has 0 aliphatic heterocycles. The van der Waals surface area contributed by atoms with Crippen LogP contribution in [0.4, 0.5) is 102 Å². The van der Waals surface area contributed by atoms with Crippen LogP contribution in [-0.4, -0.2) is 4.57 Å². The molecule has 4 aromatic heterocycles. The maximum Gasteiger partial charge on any atom is 0.137 e. The Morgan fingerprint density at radius 1 is 0.148 bits per heavy atom. The third-order valence-corrected chi connectivity index (χ3v) is 29.2. The second-order valence-corrected chi connectivity index (χ2v) is 37.7. The van der Waals surface area contributed by atoms with Crippen molar-refractivity contribution in [2.24, 2.45) is 0 Å². The molecule has 26 rings (SSSR count). The van der Waals surface area contributed by atoms with E-state index in [0.717, 1.165) is 141 Å². The Labute approximate surface area is 832 Å². The van der Waals surface area contributed by atoms with Crippen LogP contribution in [0.2, 0.25) is 0 Å². The SMILES string of the molecule is c1ccc(-c2cccc(N(c3cccc(-c4ccccc4)c3)c3ccc4sc5ccc(N(c6ccc7c(c6)oc6ccccc67)c6ccccc6N(c6ccccc6)c6ccccc6)cc5c4c3)c2)cc1.c1ccc(N(c2ccccc2)c2ccc(-c3ccc(N(c4ccc5sc6ccc(N(c7ccccc7)c7ccccc7)cc6c5c4)c4ccc5c(c4)c4ccccc4n5-c4ccccc4)cc3)cc2)cc1. The normalized spacial score (nSPS) is 11.4. The molecule has 0 radical (unpaired) electrons. The molecule has 0 fully saturated rings. The third-order valence-electron chi connectivity index (χ3n) is 26.9. The van der Waals surface area contributed by atoms with Crippen LogP contribution in [0.25, 0.3) is 123 Å². The molecule has 0 aliphatic carbocycles. The van der Waals surface area contributed by atoms with E-state index in [1.807, 2.05) is 34.8 Å². The molecule has 0 unspecified atom stereocenters. The van der Waals surface area contributed by atoms with E-state index in [4.69, 9.17) is 4.42 Å². The van der Waals surface area contributed by atoms with Gasteiger partial charge in [0.05, 0.1) is 22.4 Å². The number of rotatable bonds is 22. The molecule has 0 bridgehead atoms. The van der Waals surface area contributed by atoms with Crippen molar-refractivity contribution >= 4 is 209 Å². The Morgan fingerprint density at radius 2 is 0.408 bits per heavy atom. The van der Waals surface area contributed by atoms with Crippen molar-refractivity contribution in [3.8, 4) is 39.1 Å². The van der Waals surface area contributed by atoms with Crippen LogP contribution in [0.5, 0.6) is 0 Å². The van der Waals surface area contributed by atoms with Crippen molar-refractivity contribution in [3.05, 3.63) is 552 Å². The van der Waals surface area contributed by atoms with Gasteiger partial charge in [0.15, 0.2) is 0 Å². The van der Waals surface area contributed by atoms with E-state index in [1.165, 1.54) is 84.4 Å². The zero-order chi connectivity index (χ0) is 94.2. The van der Waals surface area contributed by atoms with Crippen LogP contribution in [-0.2, 0) is 0 Å². The minimum atomic E-state index is 0.841. The minimum Gasteiger partial charge on any atom is -0.456 e. The van der Waals surface area contributed by atoms with Gasteiger partial charge in [-0.05, 0) is 294 Å². The summed E-state index contributed by atoms with van der Waals surface area (Å²) in [5.41, 5.74) is 31.7. The number of benzene rings is 22. The molecule has 0 atom stereocenters. The summed E-state index contributed by atoms with van der Waals surface area (Å²) in [4.78, 5) is 14.2. The maximum absolute atomic E-state index is 6.58. The van der Waals surface area contributed by atoms with Gasteiger partial charge in [-0.25, -0.2) is 0 Å². The van der Waals surface area contributed by atoms with Crippen LogP contribution in [0.15, 0.2) is 556 Å². The Kier molecular flexibility index (Phi) is 22.6. The number of hydrogen-bond acceptors (Lipinski definition) is 9. The average molecular weight is 1860 g/mol. The molecule has 0 spiro atoms. The molecule has 0 amide bonds. The van der Waals surface area contributed by atoms with Gasteiger partial charge in [0.2, 0.25) is 0 Å². The smallest absolute Gasteiger partial charge is 0.137 e. The molecule has 0 N–H and O–H groups in total. The number of fused-ring (bicyclic) bond motifs is 12. The standard InChI is InChI=1S/C66H46N4S.C66H45N3OS/c1-6-18-49(19-7-1)67(50-20-8-2-9-21-50)54-34-30-47(31-35-54)48-32-36-55(37-33-48)69(56-38-41-64-60(44-56)59-28-16-17-29-63(59)70(64)53-26-14-5-15-27-53)58-40-43-66-62(46-58)61-45-57(39-42-65(61)71-66)68(51-22-10-3-11-23-51)52-24-12-4-13-25-52;1-5-19-46(20-6-1)48-23-17-29-52(41-48)67(53-30-18-24-49(42-53)47-21-7-2-8-22-47)54-36-39-65-59(43-54)60-44-55(37-40-66(60)71-65)69(56-35-38-58-57-31-13-16-34-63(57)70-64(58)45-56)62-33-15-14-32-61(62)68(50-25-9-3-10-26-50)51-27-11-4-12-28-51/h1-46H;1-45H. The molecular weight excluding hydrogens is 1760 g/mol. The van der Waals surface area contributed by atoms with E-state index in [9.17, 15) is 0 Å². The highest BCUT2D eigenvalue weighted by Gasteiger charge is 2.28. The highest BCUT2D eigenvalue weighted by Crippen LogP contribution is 2.52. The summed E-state index contributed by atoms with van der Waals surface area (Å²) >= 11 is 3.68. The summed E-state index contributed by atoms with van der Waals surface area (Å²) < 4.78 is 13.9. The molecule has 0 saturated heterocycles. The second kappa shape index (κ2) is 37.6. The Bertz CT molecular complexity index is 8840. The van der Waals surface area contributed by atoms with E-state index in [2.05, 4.69) is 574 Å². The predicted molar refractivity (Wildman–Crippen MR) is 605 cm³/mol. The Morgan fingerprint density at radius 3 is 0.845 bits per heavy atom. The first-order chi connectivity index (χ1) is 70.4. The van der Waals surface area contributed by atoms with E-state index < -0.39 is 0 Å². The zero-order valence-electron chi connectivity index (χ0n) is 77.4. The quantitative estimate of drug-likeness (QED) is 0.0669. The largest absolute Gasteiger partial charge is 0.456 e. The molecular formula is C132H91N7OS2. The number of nitrogens with zero attached hydrogens (tertiary/aromatic N) is 7. The van der Waals surface area contributed by atoms with Gasteiger partial charge < -0.3 is 38.4 Å². The van der Waals surface area contributed by atoms with Gasteiger partial charge in [-0.3, -0.25) is 0 Å². The van der Waals surface area contributed by atoms with Crippen LogP contribution < -0.4 is 29.4 Å². The molecule has 26 aromatic rings. The van der Waals surface area contributed by atoms with Crippen molar-refractivity contribution in [2.45, 2.75) is 0 Å². The van der Waals surface area contributed by atoms with Gasteiger partial charge in [-0.1, -0.05) is 285 Å². The summed E-state index contributed by atoms with van der Waals surface area (Å²) in [6.45, 7) is 0. The monoisotopic (exact) mass is 1850 g/mol. The first-order valence-electron chi connectivity index (χ1n) is 48.1. The highest BCUT2D eigenvalue weighted by atomic mass is 32.1. The van der Waals surface area contributed by atoms with Gasteiger partial charge >= 0.3 is 0 Å². The van der Waals surface area contributed by atoms with E-state index in [0.29, 0.717) is 0 Å². The van der Waals surface area contributed by atoms with Crippen molar-refractivity contribution in [2.75, 3.05) is 29.4 Å². The minimum absolute atomic E-state index is 0.841. The van der Waals surface area contributed by atoms with Crippen LogP contribution in [0.3, 0.4) is 0 Å². The Balaban J connectivity index is 0.000000149. The summed E-state index contributed by atoms with van der Waals surface area (Å²) in [7, 11) is 0. The van der Waals surface area contributed by atoms with E-state index in [-0.39, 0.29) is 0 Å². The average Bonchev–Trinajstić information content (AvgIpc) is 1.57. The summed E-state index contributed by atoms with van der Waals surface area (Å²) in [5, 5.41) is 9.48. The van der Waals surface area contributed by atoms with E-state index in [1.54, 1.807) is 0 Å².